The maximum absolute atomic E-state index is 10.2. The second kappa shape index (κ2) is 14.7. The van der Waals surface area contributed by atoms with Crippen molar-refractivity contribution in [2.75, 3.05) is 0 Å². The number of nitrogens with zero attached hydrogens (tertiary/aromatic N) is 6. The molecule has 0 spiro atoms. The number of aryl methyl sites for hydroxylation is 3. The van der Waals surface area contributed by atoms with Crippen LogP contribution < -0.4 is 0 Å². The SMILES string of the molecule is [C-]#[N+]c1cccc(C)c1-n1c2ccccc2c2cc(-c3ccc4c(c3)c3cc(-c5ccc6c(c5)c5ccccc5n6-c5c(C)cccc5C#N)ccc3n4-c3c(C)cccc3[N+]#[C-])ccc21. The van der Waals surface area contributed by atoms with Crippen LogP contribution >= 0.6 is 0 Å². The number of nitriles is 1. The van der Waals surface area contributed by atoms with E-state index in [1.54, 1.807) is 0 Å². The Balaban J connectivity index is 1.08. The fourth-order valence-electron chi connectivity index (χ4n) is 10.5. The van der Waals surface area contributed by atoms with Crippen LogP contribution in [0.5, 0.6) is 0 Å². The first-order chi connectivity index (χ1) is 32.4. The van der Waals surface area contributed by atoms with Crippen molar-refractivity contribution in [2.24, 2.45) is 0 Å². The van der Waals surface area contributed by atoms with Crippen LogP contribution in [-0.2, 0) is 0 Å². The van der Waals surface area contributed by atoms with Gasteiger partial charge < -0.3 is 13.7 Å². The summed E-state index contributed by atoms with van der Waals surface area (Å²) in [6.45, 7) is 22.4. The molecule has 0 aliphatic rings. The van der Waals surface area contributed by atoms with Crippen molar-refractivity contribution >= 4 is 76.8 Å². The fraction of sp³-hybridized carbons (Fsp3) is 0.0500. The maximum Gasteiger partial charge on any atom is 0.210 e. The Bertz CT molecular complexity index is 3950. The lowest BCUT2D eigenvalue weighted by Gasteiger charge is -2.14. The summed E-state index contributed by atoms with van der Waals surface area (Å²) in [6, 6.07) is 63.8. The van der Waals surface area contributed by atoms with E-state index in [1.165, 1.54) is 0 Å². The molecule has 12 rings (SSSR count). The molecule has 9 aromatic carbocycles. The minimum absolute atomic E-state index is 0.605. The summed E-state index contributed by atoms with van der Waals surface area (Å²) in [4.78, 5) is 7.94. The molecule has 6 nitrogen and oxygen atoms in total. The van der Waals surface area contributed by atoms with Crippen molar-refractivity contribution in [1.82, 2.24) is 13.7 Å². The van der Waals surface area contributed by atoms with E-state index in [4.69, 9.17) is 13.1 Å². The van der Waals surface area contributed by atoms with Gasteiger partial charge in [-0.15, -0.1) is 0 Å². The van der Waals surface area contributed by atoms with Gasteiger partial charge in [0.05, 0.1) is 68.9 Å². The van der Waals surface area contributed by atoms with Gasteiger partial charge >= 0.3 is 0 Å². The van der Waals surface area contributed by atoms with Gasteiger partial charge in [-0.1, -0.05) is 109 Å². The molecule has 66 heavy (non-hydrogen) atoms. The zero-order chi connectivity index (χ0) is 44.8. The molecule has 0 aliphatic carbocycles. The van der Waals surface area contributed by atoms with E-state index >= 15 is 0 Å². The second-order valence-electron chi connectivity index (χ2n) is 17.2. The van der Waals surface area contributed by atoms with Gasteiger partial charge in [-0.05, 0) is 126 Å². The van der Waals surface area contributed by atoms with Gasteiger partial charge in [-0.2, -0.15) is 5.26 Å². The van der Waals surface area contributed by atoms with E-state index < -0.39 is 0 Å². The molecule has 0 saturated heterocycles. The Morgan fingerprint density at radius 3 is 1.09 bits per heavy atom. The van der Waals surface area contributed by atoms with Gasteiger partial charge in [0, 0.05) is 32.3 Å². The molecule has 0 unspecified atom stereocenters. The number of fused-ring (bicyclic) bond motifs is 9. The summed E-state index contributed by atoms with van der Waals surface area (Å²) < 4.78 is 6.74. The van der Waals surface area contributed by atoms with Gasteiger partial charge in [-0.25, -0.2) is 9.69 Å². The van der Waals surface area contributed by atoms with Gasteiger partial charge in [0.15, 0.2) is 0 Å². The lowest BCUT2D eigenvalue weighted by Crippen LogP contribution is -2.00. The third-order valence-corrected chi connectivity index (χ3v) is 13.5. The van der Waals surface area contributed by atoms with Crippen molar-refractivity contribution in [1.29, 1.82) is 5.26 Å². The molecule has 308 valence electrons. The Labute approximate surface area is 381 Å². The number of rotatable bonds is 5. The first kappa shape index (κ1) is 38.5. The van der Waals surface area contributed by atoms with Crippen molar-refractivity contribution in [3.8, 4) is 45.4 Å². The first-order valence-electron chi connectivity index (χ1n) is 22.0. The first-order valence-corrected chi connectivity index (χ1v) is 22.0. The van der Waals surface area contributed by atoms with E-state index in [0.29, 0.717) is 16.9 Å². The summed E-state index contributed by atoms with van der Waals surface area (Å²) >= 11 is 0. The quantitative estimate of drug-likeness (QED) is 0.159. The Morgan fingerprint density at radius 2 is 0.697 bits per heavy atom. The minimum Gasteiger partial charge on any atom is -0.319 e. The maximum atomic E-state index is 10.2. The van der Waals surface area contributed by atoms with Gasteiger partial charge in [-0.3, -0.25) is 0 Å². The van der Waals surface area contributed by atoms with E-state index in [9.17, 15) is 5.26 Å². The smallest absolute Gasteiger partial charge is 0.210 e. The van der Waals surface area contributed by atoms with Crippen molar-refractivity contribution in [2.45, 2.75) is 20.8 Å². The number of hydrogen-bond acceptors (Lipinski definition) is 1. The van der Waals surface area contributed by atoms with Crippen LogP contribution in [0.25, 0.3) is 114 Å². The highest BCUT2D eigenvalue weighted by Gasteiger charge is 2.22. The van der Waals surface area contributed by atoms with Gasteiger partial charge in [0.25, 0.3) is 0 Å². The molecular weight excluding hydrogens is 805 g/mol. The van der Waals surface area contributed by atoms with Gasteiger partial charge in [0.2, 0.25) is 11.4 Å². The number of aromatic nitrogens is 3. The average Bonchev–Trinajstić information content (AvgIpc) is 3.98. The molecule has 3 heterocycles. The lowest BCUT2D eigenvalue weighted by molar-refractivity contribution is 1.14. The number of hydrogen-bond donors (Lipinski definition) is 0. The number of benzene rings is 9. The third kappa shape index (κ3) is 5.58. The van der Waals surface area contributed by atoms with E-state index in [1.807, 2.05) is 36.4 Å². The fourth-order valence-corrected chi connectivity index (χ4v) is 10.5. The molecule has 3 aromatic heterocycles. The molecule has 0 bridgehead atoms. The molecule has 0 aliphatic heterocycles. The largest absolute Gasteiger partial charge is 0.319 e. The molecule has 0 amide bonds. The molecular formula is C60H38N6. The molecule has 12 aromatic rings. The molecule has 0 N–H and O–H groups in total. The molecule has 0 saturated carbocycles. The molecule has 0 atom stereocenters. The number of para-hydroxylation sites is 5. The van der Waals surface area contributed by atoms with Crippen LogP contribution in [0.4, 0.5) is 11.4 Å². The molecule has 0 fully saturated rings. The normalized spacial score (nSPS) is 11.5. The van der Waals surface area contributed by atoms with E-state index in [2.05, 4.69) is 190 Å². The van der Waals surface area contributed by atoms with Crippen molar-refractivity contribution in [3.63, 3.8) is 0 Å². The lowest BCUT2D eigenvalue weighted by atomic mass is 9.98. The molecule has 6 heteroatoms. The van der Waals surface area contributed by atoms with Gasteiger partial charge in [0.1, 0.15) is 6.07 Å². The third-order valence-electron chi connectivity index (χ3n) is 13.5. The summed E-state index contributed by atoms with van der Waals surface area (Å²) in [5.41, 5.74) is 18.3. The van der Waals surface area contributed by atoms with E-state index in [0.717, 1.165) is 121 Å². The highest BCUT2D eigenvalue weighted by Crippen LogP contribution is 2.44. The Hall–Kier alpha value is -9.15. The van der Waals surface area contributed by atoms with Crippen LogP contribution in [0.1, 0.15) is 22.3 Å². The monoisotopic (exact) mass is 842 g/mol. The highest BCUT2D eigenvalue weighted by molar-refractivity contribution is 6.15. The summed E-state index contributed by atoms with van der Waals surface area (Å²) in [7, 11) is 0. The van der Waals surface area contributed by atoms with Crippen molar-refractivity contribution in [3.05, 3.63) is 221 Å². The van der Waals surface area contributed by atoms with Crippen LogP contribution in [0, 0.1) is 45.2 Å². The predicted octanol–water partition coefficient (Wildman–Crippen LogP) is 16.2. The average molecular weight is 843 g/mol. The Morgan fingerprint density at radius 1 is 0.364 bits per heavy atom. The summed E-state index contributed by atoms with van der Waals surface area (Å²) in [6.07, 6.45) is 0. The van der Waals surface area contributed by atoms with Crippen molar-refractivity contribution < 1.29 is 0 Å². The zero-order valence-electron chi connectivity index (χ0n) is 36.4. The zero-order valence-corrected chi connectivity index (χ0v) is 36.4. The highest BCUT2D eigenvalue weighted by atomic mass is 15.0. The second-order valence-corrected chi connectivity index (χ2v) is 17.2. The standard InChI is InChI=1S/C60H38N6/c1-36-13-10-16-43(35-61)58(36)64-52-21-8-6-17-44(52)46-31-39(23-27-54(46)64)41-25-29-56-48(33-41)49-34-42(26-30-57(49)66(56)60-38(3)15-12-20-51(60)63-5)40-24-28-55-47(32-40)45-18-7-9-22-53(45)65(55)59-37(2)14-11-19-50(59)62-4/h6-34H,1-3H3. The van der Waals surface area contributed by atoms with Crippen LogP contribution in [0.2, 0.25) is 0 Å². The van der Waals surface area contributed by atoms with Crippen LogP contribution in [0.15, 0.2) is 176 Å². The summed E-state index contributed by atoms with van der Waals surface area (Å²) in [5, 5.41) is 16.9. The van der Waals surface area contributed by atoms with Crippen LogP contribution in [0.3, 0.4) is 0 Å². The predicted molar refractivity (Wildman–Crippen MR) is 272 cm³/mol. The molecule has 0 radical (unpaired) electrons. The Kier molecular flexibility index (Phi) is 8.59. The minimum atomic E-state index is 0.605. The van der Waals surface area contributed by atoms with Crippen LogP contribution in [-0.4, -0.2) is 13.7 Å². The van der Waals surface area contributed by atoms with E-state index in [-0.39, 0.29) is 0 Å². The summed E-state index contributed by atoms with van der Waals surface area (Å²) in [5.74, 6) is 0. The topological polar surface area (TPSA) is 47.3 Å².